The zero-order valence-corrected chi connectivity index (χ0v) is 16.1. The predicted octanol–water partition coefficient (Wildman–Crippen LogP) is 3.26. The molecule has 0 aliphatic carbocycles. The molecule has 0 aliphatic heterocycles. The summed E-state index contributed by atoms with van der Waals surface area (Å²) in [6.45, 7) is 3.79. The molecule has 0 spiro atoms. The first-order valence-electron chi connectivity index (χ1n) is 8.35. The summed E-state index contributed by atoms with van der Waals surface area (Å²) < 4.78 is 1.61. The van der Waals surface area contributed by atoms with Crippen LogP contribution >= 0.6 is 11.8 Å². The molecule has 6 heteroatoms. The van der Waals surface area contributed by atoms with Gasteiger partial charge in [-0.15, -0.1) is 0 Å². The molecule has 0 radical (unpaired) electrons. The second kappa shape index (κ2) is 7.33. The summed E-state index contributed by atoms with van der Waals surface area (Å²) in [4.78, 5) is 31.7. The highest BCUT2D eigenvalue weighted by atomic mass is 32.2. The van der Waals surface area contributed by atoms with Crippen molar-refractivity contribution in [2.75, 3.05) is 14.1 Å². The molecule has 0 saturated heterocycles. The van der Waals surface area contributed by atoms with Crippen LogP contribution in [0.3, 0.4) is 0 Å². The van der Waals surface area contributed by atoms with Crippen molar-refractivity contribution in [2.24, 2.45) is 0 Å². The van der Waals surface area contributed by atoms with Crippen LogP contribution in [-0.4, -0.2) is 39.7 Å². The molecule has 3 aromatic rings. The zero-order valence-electron chi connectivity index (χ0n) is 15.3. The Balaban J connectivity index is 2.24. The third-order valence-electron chi connectivity index (χ3n) is 4.17. The summed E-state index contributed by atoms with van der Waals surface area (Å²) in [5.41, 5.74) is 2.26. The third kappa shape index (κ3) is 3.37. The number of aromatic nitrogens is 2. The van der Waals surface area contributed by atoms with E-state index in [1.807, 2.05) is 56.3 Å². The second-order valence-corrected chi connectivity index (χ2v) is 7.64. The van der Waals surface area contributed by atoms with Gasteiger partial charge in [0, 0.05) is 14.1 Å². The lowest BCUT2D eigenvalue weighted by Gasteiger charge is -2.19. The minimum absolute atomic E-state index is 0.0197. The smallest absolute Gasteiger partial charge is 0.266 e. The highest BCUT2D eigenvalue weighted by molar-refractivity contribution is 8.00. The Morgan fingerprint density at radius 1 is 1.12 bits per heavy atom. The maximum absolute atomic E-state index is 13.2. The van der Waals surface area contributed by atoms with Crippen LogP contribution in [-0.2, 0) is 4.79 Å². The molecule has 0 unspecified atom stereocenters. The average Bonchev–Trinajstić information content (AvgIpc) is 2.62. The van der Waals surface area contributed by atoms with Gasteiger partial charge in [0.2, 0.25) is 5.91 Å². The second-order valence-electron chi connectivity index (χ2n) is 6.33. The van der Waals surface area contributed by atoms with E-state index in [2.05, 4.69) is 0 Å². The Labute approximate surface area is 156 Å². The van der Waals surface area contributed by atoms with E-state index in [1.54, 1.807) is 29.6 Å². The van der Waals surface area contributed by atoms with Crippen LogP contribution in [0.5, 0.6) is 0 Å². The van der Waals surface area contributed by atoms with Gasteiger partial charge in [0.1, 0.15) is 0 Å². The van der Waals surface area contributed by atoms with Crippen LogP contribution in [0.4, 0.5) is 0 Å². The van der Waals surface area contributed by atoms with E-state index >= 15 is 0 Å². The van der Waals surface area contributed by atoms with Crippen LogP contribution in [0.25, 0.3) is 16.6 Å². The van der Waals surface area contributed by atoms with E-state index in [4.69, 9.17) is 4.98 Å². The fraction of sp³-hybridized carbons (Fsp3) is 0.250. The Hall–Kier alpha value is -2.60. The van der Waals surface area contributed by atoms with Crippen LogP contribution in [0.15, 0.2) is 58.5 Å². The van der Waals surface area contributed by atoms with Crippen molar-refractivity contribution >= 4 is 28.6 Å². The van der Waals surface area contributed by atoms with Gasteiger partial charge in [0.05, 0.1) is 21.8 Å². The van der Waals surface area contributed by atoms with Crippen molar-refractivity contribution in [2.45, 2.75) is 24.3 Å². The van der Waals surface area contributed by atoms with Gasteiger partial charge in [-0.25, -0.2) is 4.98 Å². The number of fused-ring (bicyclic) bond motifs is 1. The molecular weight excluding hydrogens is 346 g/mol. The molecule has 134 valence electrons. The van der Waals surface area contributed by atoms with E-state index in [9.17, 15) is 9.59 Å². The largest absolute Gasteiger partial charge is 0.348 e. The van der Waals surface area contributed by atoms with Gasteiger partial charge in [-0.1, -0.05) is 42.1 Å². The number of carbonyl (C=O) groups excluding carboxylic acids is 1. The van der Waals surface area contributed by atoms with Gasteiger partial charge in [-0.2, -0.15) is 0 Å². The SMILES string of the molecule is Cc1ccccc1-n1c(S[C@@H](C)C(=O)N(C)C)nc2ccccc2c1=O. The molecule has 2 aromatic carbocycles. The monoisotopic (exact) mass is 367 g/mol. The van der Waals surface area contributed by atoms with Gasteiger partial charge in [-0.3, -0.25) is 14.2 Å². The van der Waals surface area contributed by atoms with Gasteiger partial charge >= 0.3 is 0 Å². The Bertz CT molecular complexity index is 1030. The normalized spacial score (nSPS) is 12.2. The van der Waals surface area contributed by atoms with Crippen molar-refractivity contribution in [1.29, 1.82) is 0 Å². The number of thioether (sulfide) groups is 1. The summed E-state index contributed by atoms with van der Waals surface area (Å²) in [7, 11) is 3.45. The van der Waals surface area contributed by atoms with Crippen LogP contribution in [0.2, 0.25) is 0 Å². The quantitative estimate of drug-likeness (QED) is 0.525. The number of hydrogen-bond acceptors (Lipinski definition) is 4. The topological polar surface area (TPSA) is 55.2 Å². The number of hydrogen-bond donors (Lipinski definition) is 0. The van der Waals surface area contributed by atoms with Crippen molar-refractivity contribution in [3.63, 3.8) is 0 Å². The number of benzene rings is 2. The summed E-state index contributed by atoms with van der Waals surface area (Å²) >= 11 is 1.30. The van der Waals surface area contributed by atoms with E-state index in [0.29, 0.717) is 16.1 Å². The fourth-order valence-electron chi connectivity index (χ4n) is 2.79. The lowest BCUT2D eigenvalue weighted by Crippen LogP contribution is -2.31. The first-order chi connectivity index (χ1) is 12.4. The maximum atomic E-state index is 13.2. The molecule has 0 bridgehead atoms. The number of para-hydroxylation sites is 2. The predicted molar refractivity (Wildman–Crippen MR) is 106 cm³/mol. The molecule has 1 amide bonds. The molecule has 3 rings (SSSR count). The van der Waals surface area contributed by atoms with Crippen LogP contribution in [0.1, 0.15) is 12.5 Å². The number of amides is 1. The van der Waals surface area contributed by atoms with Crippen molar-refractivity contribution in [3.05, 3.63) is 64.4 Å². The number of carbonyl (C=O) groups is 1. The van der Waals surface area contributed by atoms with E-state index in [1.165, 1.54) is 11.8 Å². The highest BCUT2D eigenvalue weighted by Gasteiger charge is 2.21. The Morgan fingerprint density at radius 2 is 1.77 bits per heavy atom. The molecular formula is C20H21N3O2S. The van der Waals surface area contributed by atoms with Gasteiger partial charge in [0.15, 0.2) is 5.16 Å². The number of nitrogens with zero attached hydrogens (tertiary/aromatic N) is 3. The molecule has 0 aliphatic rings. The van der Waals surface area contributed by atoms with Crippen molar-refractivity contribution < 1.29 is 4.79 Å². The molecule has 1 aromatic heterocycles. The summed E-state index contributed by atoms with van der Waals surface area (Å²) in [6.07, 6.45) is 0. The first-order valence-corrected chi connectivity index (χ1v) is 9.23. The average molecular weight is 367 g/mol. The maximum Gasteiger partial charge on any atom is 0.266 e. The lowest BCUT2D eigenvalue weighted by molar-refractivity contribution is -0.127. The fourth-order valence-corrected chi connectivity index (χ4v) is 3.86. The summed E-state index contributed by atoms with van der Waals surface area (Å²) in [5, 5.41) is 0.728. The lowest BCUT2D eigenvalue weighted by atomic mass is 10.2. The Morgan fingerprint density at radius 3 is 2.46 bits per heavy atom. The molecule has 5 nitrogen and oxygen atoms in total. The highest BCUT2D eigenvalue weighted by Crippen LogP contribution is 2.26. The molecule has 0 N–H and O–H groups in total. The number of rotatable bonds is 4. The van der Waals surface area contributed by atoms with Crippen molar-refractivity contribution in [3.8, 4) is 5.69 Å². The summed E-state index contributed by atoms with van der Waals surface area (Å²) in [6, 6.07) is 15.0. The zero-order chi connectivity index (χ0) is 18.8. The van der Waals surface area contributed by atoms with E-state index in [0.717, 1.165) is 11.3 Å². The minimum Gasteiger partial charge on any atom is -0.348 e. The standard InChI is InChI=1S/C20H21N3O2S/c1-13-9-5-8-12-17(13)23-19(25)15-10-6-7-11-16(15)21-20(23)26-14(2)18(24)22(3)4/h5-12,14H,1-4H3/t14-/m0/s1. The molecule has 0 fully saturated rings. The van der Waals surface area contributed by atoms with Gasteiger partial charge in [-0.05, 0) is 37.6 Å². The Kier molecular flexibility index (Phi) is 5.13. The van der Waals surface area contributed by atoms with Gasteiger partial charge < -0.3 is 4.90 Å². The molecule has 1 atom stereocenters. The minimum atomic E-state index is -0.353. The molecule has 1 heterocycles. The van der Waals surface area contributed by atoms with Crippen LogP contribution < -0.4 is 5.56 Å². The molecule has 0 saturated carbocycles. The van der Waals surface area contributed by atoms with E-state index < -0.39 is 0 Å². The molecule has 26 heavy (non-hydrogen) atoms. The van der Waals surface area contributed by atoms with E-state index in [-0.39, 0.29) is 16.7 Å². The third-order valence-corrected chi connectivity index (χ3v) is 5.21. The summed E-state index contributed by atoms with van der Waals surface area (Å²) in [5.74, 6) is -0.0197. The first kappa shape index (κ1) is 18.2. The van der Waals surface area contributed by atoms with Crippen LogP contribution in [0, 0.1) is 6.92 Å². The number of aryl methyl sites for hydroxylation is 1. The van der Waals surface area contributed by atoms with Crippen molar-refractivity contribution in [1.82, 2.24) is 14.5 Å². The van der Waals surface area contributed by atoms with Gasteiger partial charge in [0.25, 0.3) is 5.56 Å².